The number of aromatic nitrogens is 1. The monoisotopic (exact) mass is 508 g/mol. The summed E-state index contributed by atoms with van der Waals surface area (Å²) in [5, 5.41) is 11.3. The minimum Gasteiger partial charge on any atom is -0.507 e. The van der Waals surface area contributed by atoms with Gasteiger partial charge in [0.25, 0.3) is 5.78 Å². The fourth-order valence-corrected chi connectivity index (χ4v) is 5.20. The molecule has 5 rings (SSSR count). The van der Waals surface area contributed by atoms with Gasteiger partial charge in [-0.3, -0.25) is 14.5 Å². The van der Waals surface area contributed by atoms with Gasteiger partial charge in [-0.05, 0) is 35.9 Å². The van der Waals surface area contributed by atoms with E-state index >= 15 is 0 Å². The largest absolute Gasteiger partial charge is 0.507 e. The first-order chi connectivity index (χ1) is 15.4. The minimum atomic E-state index is -0.891. The Morgan fingerprint density at radius 1 is 1.03 bits per heavy atom. The number of benzene rings is 3. The molecule has 4 aromatic rings. The number of ketones is 1. The highest BCUT2D eigenvalue weighted by molar-refractivity contribution is 9.10. The average molecular weight is 509 g/mol. The Morgan fingerprint density at radius 3 is 2.56 bits per heavy atom. The summed E-state index contributed by atoms with van der Waals surface area (Å²) < 4.78 is 15.0. The summed E-state index contributed by atoms with van der Waals surface area (Å²) in [6.45, 7) is 0. The van der Waals surface area contributed by atoms with Gasteiger partial charge in [0, 0.05) is 10.0 Å². The maximum Gasteiger partial charge on any atom is 0.301 e. The molecule has 1 fully saturated rings. The second-order valence-electron chi connectivity index (χ2n) is 7.20. The van der Waals surface area contributed by atoms with Crippen molar-refractivity contribution in [2.45, 2.75) is 6.04 Å². The molecule has 158 valence electrons. The quantitative estimate of drug-likeness (QED) is 0.215. The van der Waals surface area contributed by atoms with Crippen LogP contribution < -0.4 is 4.90 Å². The molecule has 3 aromatic carbocycles. The number of carbonyl (C=O) groups excluding carboxylic acids is 2. The fraction of sp³-hybridized carbons (Fsp3) is 0.0417. The zero-order valence-electron chi connectivity index (χ0n) is 16.3. The lowest BCUT2D eigenvalue weighted by atomic mass is 9.95. The van der Waals surface area contributed by atoms with E-state index in [0.29, 0.717) is 21.3 Å². The van der Waals surface area contributed by atoms with Crippen molar-refractivity contribution in [1.29, 1.82) is 0 Å². The molecule has 1 saturated heterocycles. The third-order valence-electron chi connectivity index (χ3n) is 5.20. The molecule has 1 N–H and O–H groups in total. The predicted molar refractivity (Wildman–Crippen MR) is 125 cm³/mol. The van der Waals surface area contributed by atoms with Gasteiger partial charge in [-0.25, -0.2) is 9.37 Å². The standard InChI is InChI=1S/C24H14BrFN2O3S/c25-15-8-4-7-14(11-15)20-19(21(29)13-5-2-1-3-6-13)22(30)23(31)28(20)24-27-17-10-9-16(26)12-18(17)32-24/h1-12,20,29H. The first-order valence-corrected chi connectivity index (χ1v) is 11.2. The van der Waals surface area contributed by atoms with Crippen molar-refractivity contribution < 1.29 is 19.1 Å². The molecule has 1 aromatic heterocycles. The number of aliphatic hydroxyl groups excluding tert-OH is 1. The summed E-state index contributed by atoms with van der Waals surface area (Å²) in [5.74, 6) is -2.28. The van der Waals surface area contributed by atoms with E-state index in [0.717, 1.165) is 15.8 Å². The van der Waals surface area contributed by atoms with Crippen LogP contribution in [0.4, 0.5) is 9.52 Å². The summed E-state index contributed by atoms with van der Waals surface area (Å²) in [4.78, 5) is 32.1. The van der Waals surface area contributed by atoms with Crippen molar-refractivity contribution in [1.82, 2.24) is 4.98 Å². The molecular weight excluding hydrogens is 495 g/mol. The van der Waals surface area contributed by atoms with Gasteiger partial charge in [-0.15, -0.1) is 0 Å². The van der Waals surface area contributed by atoms with Crippen LogP contribution in [0.2, 0.25) is 0 Å². The molecule has 1 amide bonds. The lowest BCUT2D eigenvalue weighted by molar-refractivity contribution is -0.132. The predicted octanol–water partition coefficient (Wildman–Crippen LogP) is 5.82. The zero-order chi connectivity index (χ0) is 22.4. The van der Waals surface area contributed by atoms with Crippen molar-refractivity contribution in [2.75, 3.05) is 4.90 Å². The topological polar surface area (TPSA) is 70.5 Å². The average Bonchev–Trinajstić information content (AvgIpc) is 3.32. The molecule has 0 bridgehead atoms. The SMILES string of the molecule is O=C1C(=O)N(c2nc3ccc(F)cc3s2)C(c2cccc(Br)c2)C1=C(O)c1ccccc1. The van der Waals surface area contributed by atoms with Crippen LogP contribution in [-0.4, -0.2) is 21.8 Å². The molecule has 2 heterocycles. The molecule has 1 aliphatic rings. The molecule has 0 aliphatic carbocycles. The summed E-state index contributed by atoms with van der Waals surface area (Å²) >= 11 is 4.54. The molecule has 32 heavy (non-hydrogen) atoms. The normalized spacial score (nSPS) is 17.9. The Morgan fingerprint density at radius 2 is 1.81 bits per heavy atom. The molecule has 1 aliphatic heterocycles. The molecule has 8 heteroatoms. The highest BCUT2D eigenvalue weighted by atomic mass is 79.9. The van der Waals surface area contributed by atoms with Crippen LogP contribution in [-0.2, 0) is 9.59 Å². The third-order valence-corrected chi connectivity index (χ3v) is 6.71. The van der Waals surface area contributed by atoms with E-state index in [-0.39, 0.29) is 16.5 Å². The van der Waals surface area contributed by atoms with Gasteiger partial charge in [0.15, 0.2) is 5.13 Å². The maximum absolute atomic E-state index is 13.7. The molecule has 0 radical (unpaired) electrons. The maximum atomic E-state index is 13.7. The Hall–Kier alpha value is -3.36. The van der Waals surface area contributed by atoms with Gasteiger partial charge in [0.2, 0.25) is 0 Å². The summed E-state index contributed by atoms with van der Waals surface area (Å²) in [7, 11) is 0. The molecule has 0 spiro atoms. The van der Waals surface area contributed by atoms with Crippen molar-refractivity contribution >= 4 is 60.1 Å². The van der Waals surface area contributed by atoms with Crippen molar-refractivity contribution in [3.63, 3.8) is 0 Å². The first kappa shape index (κ1) is 20.5. The lowest BCUT2D eigenvalue weighted by Gasteiger charge is -2.23. The van der Waals surface area contributed by atoms with Crippen molar-refractivity contribution in [3.05, 3.63) is 99.8 Å². The van der Waals surface area contributed by atoms with Gasteiger partial charge in [0.1, 0.15) is 11.6 Å². The molecular formula is C24H14BrFN2O3S. The zero-order valence-corrected chi connectivity index (χ0v) is 18.7. The van der Waals surface area contributed by atoms with Gasteiger partial charge in [-0.2, -0.15) is 0 Å². The summed E-state index contributed by atoms with van der Waals surface area (Å²) in [5.41, 5.74) is 1.55. The number of halogens is 2. The van der Waals surface area contributed by atoms with Gasteiger partial charge in [0.05, 0.1) is 21.8 Å². The van der Waals surface area contributed by atoms with Gasteiger partial charge in [-0.1, -0.05) is 69.7 Å². The number of Topliss-reactive ketones (excluding diaryl/α,β-unsaturated/α-hetero) is 1. The third kappa shape index (κ3) is 3.41. The van der Waals surface area contributed by atoms with Crippen LogP contribution in [0.3, 0.4) is 0 Å². The number of nitrogens with zero attached hydrogens (tertiary/aromatic N) is 2. The van der Waals surface area contributed by atoms with Crippen LogP contribution in [0, 0.1) is 5.82 Å². The lowest BCUT2D eigenvalue weighted by Crippen LogP contribution is -2.29. The van der Waals surface area contributed by atoms with E-state index < -0.39 is 23.5 Å². The smallest absolute Gasteiger partial charge is 0.301 e. The molecule has 1 unspecified atom stereocenters. The Balaban J connectivity index is 1.75. The van der Waals surface area contributed by atoms with E-state index in [1.165, 1.54) is 23.1 Å². The number of rotatable bonds is 3. The number of thiazole rings is 1. The van der Waals surface area contributed by atoms with Crippen LogP contribution in [0.15, 0.2) is 82.8 Å². The van der Waals surface area contributed by atoms with Crippen LogP contribution in [0.25, 0.3) is 16.0 Å². The van der Waals surface area contributed by atoms with Crippen molar-refractivity contribution in [2.24, 2.45) is 0 Å². The van der Waals surface area contributed by atoms with E-state index in [2.05, 4.69) is 20.9 Å². The van der Waals surface area contributed by atoms with Crippen molar-refractivity contribution in [3.8, 4) is 0 Å². The minimum absolute atomic E-state index is 0.0234. The summed E-state index contributed by atoms with van der Waals surface area (Å²) in [6.07, 6.45) is 0. The van der Waals surface area contributed by atoms with E-state index in [4.69, 9.17) is 0 Å². The Kier molecular flexibility index (Phi) is 5.11. The second-order valence-corrected chi connectivity index (χ2v) is 9.12. The van der Waals surface area contributed by atoms with E-state index in [9.17, 15) is 19.1 Å². The highest BCUT2D eigenvalue weighted by Crippen LogP contribution is 2.44. The fourth-order valence-electron chi connectivity index (χ4n) is 3.76. The number of hydrogen-bond acceptors (Lipinski definition) is 5. The Labute approximate surface area is 194 Å². The van der Waals surface area contributed by atoms with Crippen LogP contribution >= 0.6 is 27.3 Å². The highest BCUT2D eigenvalue weighted by Gasteiger charge is 2.48. The molecule has 0 saturated carbocycles. The number of amides is 1. The molecule has 5 nitrogen and oxygen atoms in total. The van der Waals surface area contributed by atoms with Crippen LogP contribution in [0.5, 0.6) is 0 Å². The summed E-state index contributed by atoms with van der Waals surface area (Å²) in [6, 6.07) is 19.0. The van der Waals surface area contributed by atoms with E-state index in [1.54, 1.807) is 48.5 Å². The first-order valence-electron chi connectivity index (χ1n) is 9.62. The number of carbonyl (C=O) groups is 2. The Bertz CT molecular complexity index is 1420. The number of fused-ring (bicyclic) bond motifs is 1. The van der Waals surface area contributed by atoms with Gasteiger partial charge < -0.3 is 5.11 Å². The number of hydrogen-bond donors (Lipinski definition) is 1. The molecule has 1 atom stereocenters. The second kappa shape index (κ2) is 7.96. The van der Waals surface area contributed by atoms with E-state index in [1.807, 2.05) is 6.07 Å². The number of aliphatic hydroxyl groups is 1. The van der Waals surface area contributed by atoms with Gasteiger partial charge >= 0.3 is 5.91 Å². The number of anilines is 1. The van der Waals surface area contributed by atoms with Crippen LogP contribution in [0.1, 0.15) is 17.2 Å².